The lowest BCUT2D eigenvalue weighted by atomic mass is 9.96. The van der Waals surface area contributed by atoms with E-state index in [0.717, 1.165) is 16.7 Å². The quantitative estimate of drug-likeness (QED) is 0.858. The van der Waals surface area contributed by atoms with Gasteiger partial charge in [-0.1, -0.05) is 6.07 Å². The van der Waals surface area contributed by atoms with E-state index in [4.69, 9.17) is 14.6 Å². The van der Waals surface area contributed by atoms with E-state index < -0.39 is 11.9 Å². The van der Waals surface area contributed by atoms with Gasteiger partial charge in [0.05, 0.1) is 6.61 Å². The minimum absolute atomic E-state index is 0.235. The van der Waals surface area contributed by atoms with Gasteiger partial charge in [0.2, 0.25) is 5.91 Å². The van der Waals surface area contributed by atoms with Crippen molar-refractivity contribution in [3.63, 3.8) is 0 Å². The summed E-state index contributed by atoms with van der Waals surface area (Å²) >= 11 is 0. The molecule has 0 fully saturated rings. The zero-order chi connectivity index (χ0) is 16.3. The summed E-state index contributed by atoms with van der Waals surface area (Å²) in [5, 5.41) is 8.98. The van der Waals surface area contributed by atoms with Crippen molar-refractivity contribution < 1.29 is 24.2 Å². The first-order valence-electron chi connectivity index (χ1n) is 7.17. The van der Waals surface area contributed by atoms with Crippen molar-refractivity contribution in [1.82, 2.24) is 4.90 Å². The highest BCUT2D eigenvalue weighted by molar-refractivity contribution is 5.88. The van der Waals surface area contributed by atoms with Crippen LogP contribution in [-0.2, 0) is 14.3 Å². The maximum atomic E-state index is 12.7. The van der Waals surface area contributed by atoms with Crippen LogP contribution in [0.2, 0.25) is 0 Å². The molecule has 1 aliphatic heterocycles. The Kier molecular flexibility index (Phi) is 5.03. The van der Waals surface area contributed by atoms with Gasteiger partial charge in [-0.15, -0.1) is 0 Å². The van der Waals surface area contributed by atoms with Gasteiger partial charge in [0, 0.05) is 19.2 Å². The topological polar surface area (TPSA) is 76.1 Å². The molecule has 120 valence electrons. The maximum Gasteiger partial charge on any atom is 0.323 e. The number of carbonyl (C=O) groups excluding carboxylic acids is 1. The minimum Gasteiger partial charge on any atom is -0.492 e. The highest BCUT2D eigenvalue weighted by Gasteiger charge is 2.34. The molecule has 0 spiro atoms. The van der Waals surface area contributed by atoms with Crippen molar-refractivity contribution in [2.75, 3.05) is 33.4 Å². The van der Waals surface area contributed by atoms with Gasteiger partial charge >= 0.3 is 5.97 Å². The number of hydrogen-bond acceptors (Lipinski definition) is 4. The molecule has 6 heteroatoms. The molecule has 1 aromatic rings. The molecule has 1 unspecified atom stereocenters. The van der Waals surface area contributed by atoms with Gasteiger partial charge in [-0.05, 0) is 31.0 Å². The fourth-order valence-corrected chi connectivity index (χ4v) is 2.53. The number of carboxylic acid groups (broad SMARTS) is 1. The van der Waals surface area contributed by atoms with Crippen LogP contribution in [0.3, 0.4) is 0 Å². The molecular formula is C16H21NO5. The Morgan fingerprint density at radius 3 is 2.68 bits per heavy atom. The molecule has 0 aliphatic carbocycles. The van der Waals surface area contributed by atoms with Crippen molar-refractivity contribution in [1.29, 1.82) is 0 Å². The van der Waals surface area contributed by atoms with Crippen LogP contribution < -0.4 is 4.74 Å². The third kappa shape index (κ3) is 3.39. The van der Waals surface area contributed by atoms with E-state index in [-0.39, 0.29) is 25.6 Å². The van der Waals surface area contributed by atoms with Gasteiger partial charge in [-0.2, -0.15) is 0 Å². The number of carboxylic acids is 1. The smallest absolute Gasteiger partial charge is 0.323 e. The van der Waals surface area contributed by atoms with Crippen LogP contribution >= 0.6 is 0 Å². The SMILES string of the molecule is COCCN(CC(=O)O)C(=O)C1COc2cc(C)c(C)cc21. The van der Waals surface area contributed by atoms with E-state index in [1.165, 1.54) is 12.0 Å². The van der Waals surface area contributed by atoms with Crippen molar-refractivity contribution in [2.45, 2.75) is 19.8 Å². The predicted molar refractivity (Wildman–Crippen MR) is 80.2 cm³/mol. The summed E-state index contributed by atoms with van der Waals surface area (Å²) < 4.78 is 10.6. The number of methoxy groups -OCH3 is 1. The number of carbonyl (C=O) groups is 2. The molecule has 2 rings (SSSR count). The van der Waals surface area contributed by atoms with Crippen LogP contribution in [0.25, 0.3) is 0 Å². The summed E-state index contributed by atoms with van der Waals surface area (Å²) in [6.45, 7) is 4.43. The van der Waals surface area contributed by atoms with Gasteiger partial charge in [0.25, 0.3) is 0 Å². The van der Waals surface area contributed by atoms with E-state index in [9.17, 15) is 9.59 Å². The first-order chi connectivity index (χ1) is 10.4. The zero-order valence-corrected chi connectivity index (χ0v) is 13.1. The number of benzene rings is 1. The summed E-state index contributed by atoms with van der Waals surface area (Å²) in [4.78, 5) is 25.0. The van der Waals surface area contributed by atoms with Crippen LogP contribution in [0, 0.1) is 13.8 Å². The Balaban J connectivity index is 2.22. The second kappa shape index (κ2) is 6.79. The Morgan fingerprint density at radius 1 is 1.36 bits per heavy atom. The lowest BCUT2D eigenvalue weighted by molar-refractivity contribution is -0.145. The van der Waals surface area contributed by atoms with Gasteiger partial charge < -0.3 is 19.5 Å². The average Bonchev–Trinajstić information content (AvgIpc) is 2.85. The van der Waals surface area contributed by atoms with Gasteiger partial charge in [0.15, 0.2) is 0 Å². The van der Waals surface area contributed by atoms with E-state index in [1.54, 1.807) is 0 Å². The van der Waals surface area contributed by atoms with Crippen LogP contribution in [0.5, 0.6) is 5.75 Å². The third-order valence-corrected chi connectivity index (χ3v) is 3.91. The molecule has 22 heavy (non-hydrogen) atoms. The number of aryl methyl sites for hydroxylation is 2. The highest BCUT2D eigenvalue weighted by atomic mass is 16.5. The molecule has 0 radical (unpaired) electrons. The lowest BCUT2D eigenvalue weighted by Crippen LogP contribution is -2.41. The minimum atomic E-state index is -1.04. The predicted octanol–water partition coefficient (Wildman–Crippen LogP) is 1.34. The molecule has 1 atom stereocenters. The second-order valence-corrected chi connectivity index (χ2v) is 5.48. The molecule has 1 aromatic carbocycles. The third-order valence-electron chi connectivity index (χ3n) is 3.91. The number of aliphatic carboxylic acids is 1. The van der Waals surface area contributed by atoms with Gasteiger partial charge in [0.1, 0.15) is 24.8 Å². The van der Waals surface area contributed by atoms with Crippen molar-refractivity contribution in [2.24, 2.45) is 0 Å². The molecule has 1 N–H and O–H groups in total. The fraction of sp³-hybridized carbons (Fsp3) is 0.500. The van der Waals surface area contributed by atoms with Crippen LogP contribution in [0.15, 0.2) is 12.1 Å². The van der Waals surface area contributed by atoms with Gasteiger partial charge in [-0.25, -0.2) is 0 Å². The van der Waals surface area contributed by atoms with E-state index in [0.29, 0.717) is 12.4 Å². The Labute approximate surface area is 129 Å². The Bertz CT molecular complexity index is 584. The van der Waals surface area contributed by atoms with Crippen molar-refractivity contribution in [3.05, 3.63) is 28.8 Å². The first kappa shape index (κ1) is 16.3. The normalized spacial score (nSPS) is 16.0. The zero-order valence-electron chi connectivity index (χ0n) is 13.1. The van der Waals surface area contributed by atoms with Crippen LogP contribution in [0.4, 0.5) is 0 Å². The largest absolute Gasteiger partial charge is 0.492 e. The number of nitrogens with zero attached hydrogens (tertiary/aromatic N) is 1. The molecular weight excluding hydrogens is 286 g/mol. The number of ether oxygens (including phenoxy) is 2. The first-order valence-corrected chi connectivity index (χ1v) is 7.17. The summed E-state index contributed by atoms with van der Waals surface area (Å²) in [5.41, 5.74) is 3.03. The van der Waals surface area contributed by atoms with Crippen LogP contribution in [0.1, 0.15) is 22.6 Å². The molecule has 0 saturated carbocycles. The van der Waals surface area contributed by atoms with E-state index >= 15 is 0 Å². The Morgan fingerprint density at radius 2 is 2.05 bits per heavy atom. The number of amides is 1. The van der Waals surface area contributed by atoms with Crippen molar-refractivity contribution in [3.8, 4) is 5.75 Å². The maximum absolute atomic E-state index is 12.7. The lowest BCUT2D eigenvalue weighted by Gasteiger charge is -2.23. The highest BCUT2D eigenvalue weighted by Crippen LogP contribution is 2.36. The monoisotopic (exact) mass is 307 g/mol. The molecule has 1 amide bonds. The molecule has 0 aromatic heterocycles. The Hall–Kier alpha value is -2.08. The summed E-state index contributed by atoms with van der Waals surface area (Å²) in [6.07, 6.45) is 0. The average molecular weight is 307 g/mol. The number of rotatable bonds is 6. The second-order valence-electron chi connectivity index (χ2n) is 5.48. The van der Waals surface area contributed by atoms with Gasteiger partial charge in [-0.3, -0.25) is 9.59 Å². The summed E-state index contributed by atoms with van der Waals surface area (Å²) in [7, 11) is 1.52. The van der Waals surface area contributed by atoms with Crippen molar-refractivity contribution >= 4 is 11.9 Å². The standard InChI is InChI=1S/C16H21NO5/c1-10-6-12-13(9-22-14(12)7-11(10)2)16(20)17(4-5-21-3)8-15(18)19/h6-7,13H,4-5,8-9H2,1-3H3,(H,18,19). The number of fused-ring (bicyclic) bond motifs is 1. The molecule has 1 heterocycles. The van der Waals surface area contributed by atoms with Crippen LogP contribution in [-0.4, -0.2) is 55.3 Å². The molecule has 6 nitrogen and oxygen atoms in total. The van der Waals surface area contributed by atoms with E-state index in [2.05, 4.69) is 0 Å². The molecule has 0 saturated heterocycles. The summed E-state index contributed by atoms with van der Waals surface area (Å²) in [5.74, 6) is -1.01. The number of hydrogen-bond donors (Lipinski definition) is 1. The van der Waals surface area contributed by atoms with E-state index in [1.807, 2.05) is 26.0 Å². The molecule has 1 aliphatic rings. The molecule has 0 bridgehead atoms. The fourth-order valence-electron chi connectivity index (χ4n) is 2.53. The summed E-state index contributed by atoms with van der Waals surface area (Å²) in [6, 6.07) is 3.88.